The van der Waals surface area contributed by atoms with Crippen LogP contribution in [0.1, 0.15) is 40.0 Å². The highest BCUT2D eigenvalue weighted by atomic mass is 79.9. The highest BCUT2D eigenvalue weighted by Gasteiger charge is 2.46. The number of alkyl halides is 3. The Hall–Kier alpha value is -2.69. The lowest BCUT2D eigenvalue weighted by molar-refractivity contribution is -0.142. The number of hydrogen-bond acceptors (Lipinski definition) is 5. The lowest BCUT2D eigenvalue weighted by Gasteiger charge is -2.09. The summed E-state index contributed by atoms with van der Waals surface area (Å²) in [5.41, 5.74) is 2.17. The van der Waals surface area contributed by atoms with Gasteiger partial charge in [-0.15, -0.1) is 5.10 Å². The van der Waals surface area contributed by atoms with Crippen molar-refractivity contribution in [2.45, 2.75) is 31.0 Å². The molecule has 1 aliphatic carbocycles. The Labute approximate surface area is 171 Å². The van der Waals surface area contributed by atoms with Crippen LogP contribution in [0.5, 0.6) is 0 Å². The Morgan fingerprint density at radius 3 is 2.83 bits per heavy atom. The molecule has 4 rings (SSSR count). The van der Waals surface area contributed by atoms with Crippen LogP contribution in [0.2, 0.25) is 0 Å². The van der Waals surface area contributed by atoms with Gasteiger partial charge in [-0.05, 0) is 24.6 Å². The molecule has 1 aliphatic rings. The first kappa shape index (κ1) is 19.6. The molecule has 0 N–H and O–H groups in total. The molecule has 2 atom stereocenters. The zero-order chi connectivity index (χ0) is 20.8. The maximum atomic E-state index is 12.6. The maximum absolute atomic E-state index is 12.6. The Bertz CT molecular complexity index is 1060. The highest BCUT2D eigenvalue weighted by Crippen LogP contribution is 2.55. The first-order chi connectivity index (χ1) is 13.8. The van der Waals surface area contributed by atoms with Crippen molar-refractivity contribution in [1.82, 2.24) is 24.8 Å². The average Bonchev–Trinajstić information content (AvgIpc) is 3.10. The van der Waals surface area contributed by atoms with Gasteiger partial charge in [-0.3, -0.25) is 0 Å². The van der Waals surface area contributed by atoms with Gasteiger partial charge in [0.05, 0.1) is 30.4 Å². The molecule has 11 heteroatoms. The molecule has 2 unspecified atom stereocenters. The second kappa shape index (κ2) is 7.29. The molecule has 152 valence electrons. The zero-order valence-electron chi connectivity index (χ0n) is 15.1. The Kier molecular flexibility index (Phi) is 4.93. The van der Waals surface area contributed by atoms with Gasteiger partial charge < -0.3 is 4.74 Å². The standard InChI is InChI=1S/C18H15BrF3N5O2/c1-29-17(28)14-7-23-27(11-4-2-3-10(19)5-11)16(14)13-6-12(13)15-8-26(25-24-15)9-18(20,21)22/h2-5,7-8,12-13H,6,9H2,1H3. The van der Waals surface area contributed by atoms with Gasteiger partial charge in [-0.25, -0.2) is 14.2 Å². The van der Waals surface area contributed by atoms with Crippen LogP contribution in [0, 0.1) is 0 Å². The molecule has 0 saturated heterocycles. The van der Waals surface area contributed by atoms with Crippen molar-refractivity contribution >= 4 is 21.9 Å². The summed E-state index contributed by atoms with van der Waals surface area (Å²) in [5.74, 6) is -0.808. The summed E-state index contributed by atoms with van der Waals surface area (Å²) >= 11 is 3.42. The molecule has 0 radical (unpaired) electrons. The van der Waals surface area contributed by atoms with Gasteiger partial charge in [-0.1, -0.05) is 27.2 Å². The lowest BCUT2D eigenvalue weighted by Crippen LogP contribution is -2.18. The first-order valence-corrected chi connectivity index (χ1v) is 9.45. The minimum Gasteiger partial charge on any atom is -0.465 e. The molecular weight excluding hydrogens is 455 g/mol. The number of aromatic nitrogens is 5. The van der Waals surface area contributed by atoms with Crippen LogP contribution in [0.4, 0.5) is 13.2 Å². The average molecular weight is 470 g/mol. The van der Waals surface area contributed by atoms with Gasteiger partial charge in [0.25, 0.3) is 0 Å². The molecule has 1 fully saturated rings. The fourth-order valence-corrected chi connectivity index (χ4v) is 3.75. The van der Waals surface area contributed by atoms with E-state index in [9.17, 15) is 18.0 Å². The molecule has 7 nitrogen and oxygen atoms in total. The number of methoxy groups -OCH3 is 1. The molecule has 0 bridgehead atoms. The minimum absolute atomic E-state index is 0.137. The summed E-state index contributed by atoms with van der Waals surface area (Å²) in [6.45, 7) is -1.19. The van der Waals surface area contributed by atoms with Crippen molar-refractivity contribution in [2.24, 2.45) is 0 Å². The molecule has 29 heavy (non-hydrogen) atoms. The van der Waals surface area contributed by atoms with Gasteiger partial charge >= 0.3 is 12.1 Å². The Morgan fingerprint density at radius 2 is 2.14 bits per heavy atom. The molecule has 2 heterocycles. The second-order valence-electron chi connectivity index (χ2n) is 6.73. The Morgan fingerprint density at radius 1 is 1.34 bits per heavy atom. The van der Waals surface area contributed by atoms with Crippen LogP contribution >= 0.6 is 15.9 Å². The molecule has 0 aliphatic heterocycles. The van der Waals surface area contributed by atoms with Gasteiger partial charge in [0.15, 0.2) is 0 Å². The number of carbonyl (C=O) groups excluding carboxylic acids is 1. The Balaban J connectivity index is 1.66. The smallest absolute Gasteiger partial charge is 0.408 e. The molecule has 0 spiro atoms. The molecule has 0 amide bonds. The van der Waals surface area contributed by atoms with E-state index in [1.54, 1.807) is 4.68 Å². The number of halogens is 4. The van der Waals surface area contributed by atoms with E-state index >= 15 is 0 Å². The van der Waals surface area contributed by atoms with Crippen LogP contribution in [-0.2, 0) is 11.3 Å². The number of esters is 1. The third-order valence-corrected chi connectivity index (χ3v) is 5.18. The van der Waals surface area contributed by atoms with Crippen molar-refractivity contribution in [2.75, 3.05) is 7.11 Å². The minimum atomic E-state index is -4.37. The summed E-state index contributed by atoms with van der Waals surface area (Å²) < 4.78 is 45.8. The SMILES string of the molecule is COC(=O)c1cnn(-c2cccc(Br)c2)c1C1CC1c1cn(CC(F)(F)F)nn1. The second-order valence-corrected chi connectivity index (χ2v) is 7.65. The zero-order valence-corrected chi connectivity index (χ0v) is 16.7. The lowest BCUT2D eigenvalue weighted by atomic mass is 10.1. The number of hydrogen-bond donors (Lipinski definition) is 0. The van der Waals surface area contributed by atoms with Crippen molar-refractivity contribution in [3.8, 4) is 5.69 Å². The monoisotopic (exact) mass is 469 g/mol. The largest absolute Gasteiger partial charge is 0.465 e. The predicted molar refractivity (Wildman–Crippen MR) is 98.8 cm³/mol. The fourth-order valence-electron chi connectivity index (χ4n) is 3.36. The summed E-state index contributed by atoms with van der Waals surface area (Å²) in [4.78, 5) is 12.2. The molecular formula is C18H15BrF3N5O2. The van der Waals surface area contributed by atoms with Crippen LogP contribution in [0.15, 0.2) is 41.1 Å². The van der Waals surface area contributed by atoms with Crippen molar-refractivity contribution in [3.05, 3.63) is 58.1 Å². The van der Waals surface area contributed by atoms with Crippen LogP contribution in [-0.4, -0.2) is 44.0 Å². The third-order valence-electron chi connectivity index (χ3n) is 4.68. The molecule has 3 aromatic rings. The first-order valence-electron chi connectivity index (χ1n) is 8.66. The third kappa shape index (κ3) is 4.04. The molecule has 1 saturated carbocycles. The number of benzene rings is 1. The van der Waals surface area contributed by atoms with Crippen LogP contribution < -0.4 is 0 Å². The topological polar surface area (TPSA) is 74.8 Å². The summed E-state index contributed by atoms with van der Waals surface area (Å²) in [7, 11) is 1.29. The van der Waals surface area contributed by atoms with Gasteiger partial charge in [-0.2, -0.15) is 18.3 Å². The number of ether oxygens (including phenoxy) is 1. The maximum Gasteiger partial charge on any atom is 0.408 e. The van der Waals surface area contributed by atoms with Crippen molar-refractivity contribution in [1.29, 1.82) is 0 Å². The normalized spacial score (nSPS) is 18.7. The van der Waals surface area contributed by atoms with Gasteiger partial charge in [0.2, 0.25) is 0 Å². The summed E-state index contributed by atoms with van der Waals surface area (Å²) in [5, 5.41) is 11.8. The van der Waals surface area contributed by atoms with Gasteiger partial charge in [0.1, 0.15) is 12.1 Å². The van der Waals surface area contributed by atoms with E-state index in [0.717, 1.165) is 14.8 Å². The highest BCUT2D eigenvalue weighted by molar-refractivity contribution is 9.10. The number of nitrogens with zero attached hydrogens (tertiary/aromatic N) is 5. The summed E-state index contributed by atoms with van der Waals surface area (Å²) in [6, 6.07) is 7.41. The molecule has 1 aromatic carbocycles. The van der Waals surface area contributed by atoms with E-state index in [4.69, 9.17) is 4.74 Å². The van der Waals surface area contributed by atoms with Crippen molar-refractivity contribution < 1.29 is 22.7 Å². The van der Waals surface area contributed by atoms with Crippen LogP contribution in [0.3, 0.4) is 0 Å². The van der Waals surface area contributed by atoms with Crippen LogP contribution in [0.25, 0.3) is 5.69 Å². The quantitative estimate of drug-likeness (QED) is 0.530. The van der Waals surface area contributed by atoms with E-state index in [1.165, 1.54) is 19.5 Å². The number of rotatable bonds is 5. The van der Waals surface area contributed by atoms with Crippen molar-refractivity contribution in [3.63, 3.8) is 0 Å². The van der Waals surface area contributed by atoms with Gasteiger partial charge in [0, 0.05) is 22.5 Å². The number of carbonyl (C=O) groups is 1. The van der Waals surface area contributed by atoms with E-state index < -0.39 is 18.7 Å². The molecule has 2 aromatic heterocycles. The van der Waals surface area contributed by atoms with E-state index in [2.05, 4.69) is 31.3 Å². The van der Waals surface area contributed by atoms with E-state index in [1.807, 2.05) is 24.3 Å². The fraction of sp³-hybridized carbons (Fsp3) is 0.333. The van der Waals surface area contributed by atoms with E-state index in [0.29, 0.717) is 23.4 Å². The predicted octanol–water partition coefficient (Wildman–Crippen LogP) is 3.85. The summed E-state index contributed by atoms with van der Waals surface area (Å²) in [6.07, 6.45) is -1.01. The van der Waals surface area contributed by atoms with E-state index in [-0.39, 0.29) is 11.8 Å².